The number of aryl methyl sites for hydroxylation is 1. The van der Waals surface area contributed by atoms with Crippen LogP contribution < -0.4 is 4.74 Å². The van der Waals surface area contributed by atoms with Crippen LogP contribution in [-0.2, 0) is 14.9 Å². The van der Waals surface area contributed by atoms with Crippen molar-refractivity contribution in [1.82, 2.24) is 18.2 Å². The highest BCUT2D eigenvalue weighted by Crippen LogP contribution is 2.34. The SMILES string of the molecule is C#CCOc1cccc2c1nc(-c1nc3ccc(C)cc3cc1C(=O)OC)n2S(=O)(=O)N(C)C. The molecule has 2 heterocycles. The predicted molar refractivity (Wildman–Crippen MR) is 129 cm³/mol. The first-order valence-electron chi connectivity index (χ1n) is 10.2. The Morgan fingerprint density at radius 2 is 1.94 bits per heavy atom. The fourth-order valence-corrected chi connectivity index (χ4v) is 4.63. The minimum absolute atomic E-state index is 0.0251. The summed E-state index contributed by atoms with van der Waals surface area (Å²) < 4.78 is 39.5. The van der Waals surface area contributed by atoms with Crippen LogP contribution >= 0.6 is 0 Å². The molecule has 0 bridgehead atoms. The Balaban J connectivity index is 2.15. The van der Waals surface area contributed by atoms with Crippen molar-refractivity contribution in [3.8, 4) is 29.6 Å². The van der Waals surface area contributed by atoms with Crippen LogP contribution in [0.1, 0.15) is 15.9 Å². The van der Waals surface area contributed by atoms with E-state index in [-0.39, 0.29) is 34.7 Å². The number of esters is 1. The number of fused-ring (bicyclic) bond motifs is 2. The second-order valence-electron chi connectivity index (χ2n) is 7.68. The summed E-state index contributed by atoms with van der Waals surface area (Å²) in [6, 6.07) is 12.0. The molecule has 0 saturated carbocycles. The Morgan fingerprint density at radius 1 is 1.18 bits per heavy atom. The van der Waals surface area contributed by atoms with E-state index in [9.17, 15) is 13.2 Å². The summed E-state index contributed by atoms with van der Waals surface area (Å²) in [5.74, 6) is 1.96. The Labute approximate surface area is 197 Å². The number of methoxy groups -OCH3 is 1. The summed E-state index contributed by atoms with van der Waals surface area (Å²) in [6.07, 6.45) is 5.32. The Hall–Kier alpha value is -3.94. The molecule has 0 N–H and O–H groups in total. The molecule has 174 valence electrons. The number of hydrogen-bond donors (Lipinski definition) is 0. The summed E-state index contributed by atoms with van der Waals surface area (Å²) in [7, 11) is -0.0296. The Bertz CT molecular complexity index is 1580. The van der Waals surface area contributed by atoms with Crippen molar-refractivity contribution >= 4 is 38.1 Å². The van der Waals surface area contributed by atoms with Crippen molar-refractivity contribution in [3.63, 3.8) is 0 Å². The van der Waals surface area contributed by atoms with Crippen molar-refractivity contribution in [3.05, 3.63) is 53.6 Å². The second kappa shape index (κ2) is 8.78. The van der Waals surface area contributed by atoms with E-state index in [2.05, 4.69) is 15.9 Å². The lowest BCUT2D eigenvalue weighted by molar-refractivity contribution is 0.0601. The number of carbonyl (C=O) groups excluding carboxylic acids is 1. The van der Waals surface area contributed by atoms with Crippen LogP contribution in [0.3, 0.4) is 0 Å². The molecular formula is C24H22N4O5S. The molecule has 0 unspecified atom stereocenters. The van der Waals surface area contributed by atoms with Gasteiger partial charge in [-0.1, -0.05) is 23.6 Å². The number of nitrogens with zero attached hydrogens (tertiary/aromatic N) is 4. The van der Waals surface area contributed by atoms with Crippen molar-refractivity contribution in [1.29, 1.82) is 0 Å². The highest BCUT2D eigenvalue weighted by atomic mass is 32.2. The number of pyridine rings is 1. The van der Waals surface area contributed by atoms with Crippen LogP contribution in [0, 0.1) is 19.3 Å². The van der Waals surface area contributed by atoms with E-state index < -0.39 is 16.2 Å². The molecule has 34 heavy (non-hydrogen) atoms. The summed E-state index contributed by atoms with van der Waals surface area (Å²) in [4.78, 5) is 22.0. The van der Waals surface area contributed by atoms with Gasteiger partial charge in [-0.05, 0) is 37.3 Å². The first-order valence-corrected chi connectivity index (χ1v) is 11.6. The molecule has 0 fully saturated rings. The molecule has 4 aromatic rings. The molecule has 0 aliphatic heterocycles. The number of aromatic nitrogens is 3. The maximum Gasteiger partial charge on any atom is 0.340 e. The summed E-state index contributed by atoms with van der Waals surface area (Å²) in [5.41, 5.74) is 2.21. The van der Waals surface area contributed by atoms with Crippen LogP contribution in [0.2, 0.25) is 0 Å². The average Bonchev–Trinajstić information content (AvgIpc) is 3.22. The molecule has 0 aliphatic carbocycles. The van der Waals surface area contributed by atoms with Gasteiger partial charge in [0.2, 0.25) is 0 Å². The molecule has 0 saturated heterocycles. The molecular weight excluding hydrogens is 456 g/mol. The topological polar surface area (TPSA) is 104 Å². The first-order chi connectivity index (χ1) is 16.2. The van der Waals surface area contributed by atoms with Crippen molar-refractivity contribution in [2.45, 2.75) is 6.92 Å². The van der Waals surface area contributed by atoms with Gasteiger partial charge in [0.05, 0.1) is 23.7 Å². The van der Waals surface area contributed by atoms with Crippen LogP contribution in [0.25, 0.3) is 33.5 Å². The van der Waals surface area contributed by atoms with E-state index in [1.54, 1.807) is 30.3 Å². The van der Waals surface area contributed by atoms with Gasteiger partial charge in [-0.15, -0.1) is 6.42 Å². The zero-order valence-electron chi connectivity index (χ0n) is 19.1. The molecule has 2 aromatic heterocycles. The van der Waals surface area contributed by atoms with Gasteiger partial charge in [-0.2, -0.15) is 12.7 Å². The van der Waals surface area contributed by atoms with Gasteiger partial charge in [0.15, 0.2) is 5.82 Å². The fraction of sp³-hybridized carbons (Fsp3) is 0.208. The summed E-state index contributed by atoms with van der Waals surface area (Å²) >= 11 is 0. The maximum absolute atomic E-state index is 13.4. The van der Waals surface area contributed by atoms with Crippen molar-refractivity contribution in [2.24, 2.45) is 0 Å². The molecule has 0 atom stereocenters. The average molecular weight is 479 g/mol. The number of hydrogen-bond acceptors (Lipinski definition) is 7. The highest BCUT2D eigenvalue weighted by molar-refractivity contribution is 7.87. The van der Waals surface area contributed by atoms with Gasteiger partial charge in [0.25, 0.3) is 0 Å². The van der Waals surface area contributed by atoms with E-state index in [1.165, 1.54) is 21.2 Å². The third-order valence-corrected chi connectivity index (χ3v) is 6.95. The number of ether oxygens (including phenoxy) is 2. The van der Waals surface area contributed by atoms with E-state index >= 15 is 0 Å². The standard InChI is InChI=1S/C24H22N4O5S/c1-6-12-33-20-9-7-8-19-22(20)26-23(28(19)34(30,31)27(3)4)21-17(24(29)32-5)14-16-13-15(2)10-11-18(16)25-21/h1,7-11,13-14H,12H2,2-5H3. The summed E-state index contributed by atoms with van der Waals surface area (Å²) in [5, 5.41) is 0.709. The number of imidazole rings is 1. The lowest BCUT2D eigenvalue weighted by Crippen LogP contribution is -2.29. The fourth-order valence-electron chi connectivity index (χ4n) is 3.57. The van der Waals surface area contributed by atoms with Gasteiger partial charge < -0.3 is 9.47 Å². The minimum atomic E-state index is -4.09. The van der Waals surface area contributed by atoms with Crippen LogP contribution in [0.15, 0.2) is 42.5 Å². The van der Waals surface area contributed by atoms with Gasteiger partial charge >= 0.3 is 16.2 Å². The lowest BCUT2D eigenvalue weighted by atomic mass is 10.1. The summed E-state index contributed by atoms with van der Waals surface area (Å²) in [6.45, 7) is 1.90. The van der Waals surface area contributed by atoms with Gasteiger partial charge in [-0.25, -0.2) is 18.7 Å². The van der Waals surface area contributed by atoms with Gasteiger partial charge in [0, 0.05) is 19.5 Å². The predicted octanol–water partition coefficient (Wildman–Crippen LogP) is 3.01. The number of benzene rings is 2. The van der Waals surface area contributed by atoms with Crippen LogP contribution in [0.5, 0.6) is 5.75 Å². The smallest absolute Gasteiger partial charge is 0.340 e. The zero-order chi connectivity index (χ0) is 24.6. The Morgan fingerprint density at radius 3 is 2.62 bits per heavy atom. The van der Waals surface area contributed by atoms with Crippen LogP contribution in [-0.4, -0.2) is 60.4 Å². The van der Waals surface area contributed by atoms with Gasteiger partial charge in [0.1, 0.15) is 23.6 Å². The van der Waals surface area contributed by atoms with E-state index in [1.807, 2.05) is 19.1 Å². The molecule has 0 spiro atoms. The number of terminal acetylenes is 1. The number of para-hydroxylation sites is 1. The Kier molecular flexibility index (Phi) is 6.00. The first kappa shape index (κ1) is 23.2. The van der Waals surface area contributed by atoms with Crippen molar-refractivity contribution in [2.75, 3.05) is 27.8 Å². The zero-order valence-corrected chi connectivity index (χ0v) is 19.9. The van der Waals surface area contributed by atoms with E-state index in [0.717, 1.165) is 13.8 Å². The van der Waals surface area contributed by atoms with Crippen molar-refractivity contribution < 1.29 is 22.7 Å². The molecule has 9 nitrogen and oxygen atoms in total. The second-order valence-corrected chi connectivity index (χ2v) is 9.67. The monoisotopic (exact) mass is 478 g/mol. The normalized spacial score (nSPS) is 11.6. The molecule has 10 heteroatoms. The minimum Gasteiger partial charge on any atom is -0.479 e. The largest absolute Gasteiger partial charge is 0.479 e. The molecule has 0 radical (unpaired) electrons. The van der Waals surface area contributed by atoms with E-state index in [0.29, 0.717) is 16.7 Å². The number of rotatable bonds is 6. The molecule has 4 rings (SSSR count). The molecule has 0 aliphatic rings. The maximum atomic E-state index is 13.4. The lowest BCUT2D eigenvalue weighted by Gasteiger charge is -2.16. The quantitative estimate of drug-likeness (QED) is 0.310. The highest BCUT2D eigenvalue weighted by Gasteiger charge is 2.30. The van der Waals surface area contributed by atoms with Crippen LogP contribution in [0.4, 0.5) is 0 Å². The van der Waals surface area contributed by atoms with Gasteiger partial charge in [-0.3, -0.25) is 0 Å². The number of carbonyl (C=O) groups is 1. The molecule has 0 amide bonds. The third-order valence-electron chi connectivity index (χ3n) is 5.20. The van der Waals surface area contributed by atoms with E-state index in [4.69, 9.17) is 15.9 Å². The third kappa shape index (κ3) is 3.85. The molecule has 2 aromatic carbocycles.